The summed E-state index contributed by atoms with van der Waals surface area (Å²) in [5.41, 5.74) is 7.31. The number of methoxy groups -OCH3 is 1. The third-order valence-corrected chi connectivity index (χ3v) is 3.91. The highest BCUT2D eigenvalue weighted by Crippen LogP contribution is 2.12. The summed E-state index contributed by atoms with van der Waals surface area (Å²) in [4.78, 5) is 11.2. The molecular formula is C19H25N3O3. The summed E-state index contributed by atoms with van der Waals surface area (Å²) in [7, 11) is 1.62. The zero-order valence-electron chi connectivity index (χ0n) is 14.3. The number of ether oxygens (including phenoxy) is 1. The third-order valence-electron chi connectivity index (χ3n) is 3.91. The van der Waals surface area contributed by atoms with Crippen molar-refractivity contribution in [3.05, 3.63) is 65.7 Å². The van der Waals surface area contributed by atoms with Crippen molar-refractivity contribution in [2.75, 3.05) is 13.7 Å². The van der Waals surface area contributed by atoms with Gasteiger partial charge in [-0.05, 0) is 29.7 Å². The van der Waals surface area contributed by atoms with E-state index in [-0.39, 0.29) is 0 Å². The van der Waals surface area contributed by atoms with Crippen molar-refractivity contribution >= 4 is 6.03 Å². The van der Waals surface area contributed by atoms with E-state index in [9.17, 15) is 9.90 Å². The van der Waals surface area contributed by atoms with Gasteiger partial charge in [-0.3, -0.25) is 0 Å². The second kappa shape index (κ2) is 9.66. The first kappa shape index (κ1) is 18.8. The standard InChI is InChI=1S/C19H25N3O3/c1-25-16-9-5-8-15(10-16)12-21-13-18(23)17(22-19(20)24)11-14-6-3-2-4-7-14/h2-10,17-18,21,23H,11-13H2,1H3,(H3,20,22,24)/t17-,18+/m0/s1. The first-order valence-electron chi connectivity index (χ1n) is 8.20. The van der Waals surface area contributed by atoms with E-state index in [1.807, 2.05) is 54.6 Å². The van der Waals surface area contributed by atoms with E-state index in [1.54, 1.807) is 7.11 Å². The van der Waals surface area contributed by atoms with Crippen LogP contribution in [0.4, 0.5) is 4.79 Å². The summed E-state index contributed by atoms with van der Waals surface area (Å²) in [6.45, 7) is 0.915. The Morgan fingerprint density at radius 2 is 1.88 bits per heavy atom. The number of hydrogen-bond acceptors (Lipinski definition) is 4. The highest BCUT2D eigenvalue weighted by molar-refractivity contribution is 5.72. The second-order valence-corrected chi connectivity index (χ2v) is 5.85. The molecule has 134 valence electrons. The van der Waals surface area contributed by atoms with Crippen LogP contribution >= 0.6 is 0 Å². The van der Waals surface area contributed by atoms with Gasteiger partial charge in [0.05, 0.1) is 19.3 Å². The molecule has 0 radical (unpaired) electrons. The van der Waals surface area contributed by atoms with Gasteiger partial charge in [-0.25, -0.2) is 4.79 Å². The van der Waals surface area contributed by atoms with E-state index < -0.39 is 18.2 Å². The van der Waals surface area contributed by atoms with Gasteiger partial charge in [-0.1, -0.05) is 42.5 Å². The molecule has 0 saturated carbocycles. The van der Waals surface area contributed by atoms with Crippen LogP contribution in [0, 0.1) is 0 Å². The molecule has 2 aromatic carbocycles. The summed E-state index contributed by atoms with van der Waals surface area (Å²) in [6, 6.07) is 16.3. The number of aliphatic hydroxyl groups excluding tert-OH is 1. The molecule has 0 bridgehead atoms. The van der Waals surface area contributed by atoms with Crippen LogP contribution in [0.25, 0.3) is 0 Å². The Balaban J connectivity index is 1.89. The summed E-state index contributed by atoms with van der Waals surface area (Å²) in [6.07, 6.45) is -0.260. The lowest BCUT2D eigenvalue weighted by atomic mass is 10.0. The molecule has 0 heterocycles. The molecule has 6 heteroatoms. The van der Waals surface area contributed by atoms with Crippen molar-refractivity contribution in [1.29, 1.82) is 0 Å². The Morgan fingerprint density at radius 3 is 2.56 bits per heavy atom. The molecule has 0 aliphatic carbocycles. The minimum absolute atomic E-state index is 0.328. The average Bonchev–Trinajstić information content (AvgIpc) is 2.62. The number of rotatable bonds is 9. The van der Waals surface area contributed by atoms with Crippen LogP contribution in [0.2, 0.25) is 0 Å². The number of benzene rings is 2. The largest absolute Gasteiger partial charge is 0.497 e. The highest BCUT2D eigenvalue weighted by atomic mass is 16.5. The lowest BCUT2D eigenvalue weighted by Crippen LogP contribution is -2.50. The van der Waals surface area contributed by atoms with E-state index in [1.165, 1.54) is 0 Å². The number of carbonyl (C=O) groups excluding carboxylic acids is 1. The molecule has 6 nitrogen and oxygen atoms in total. The number of nitrogens with one attached hydrogen (secondary N) is 2. The maximum atomic E-state index is 11.2. The first-order valence-corrected chi connectivity index (χ1v) is 8.20. The maximum Gasteiger partial charge on any atom is 0.312 e. The quantitative estimate of drug-likeness (QED) is 0.554. The van der Waals surface area contributed by atoms with Gasteiger partial charge >= 0.3 is 6.03 Å². The number of nitrogens with two attached hydrogens (primary N) is 1. The molecule has 2 amide bonds. The molecule has 25 heavy (non-hydrogen) atoms. The summed E-state index contributed by atoms with van der Waals surface area (Å²) >= 11 is 0. The van der Waals surface area contributed by atoms with E-state index in [0.29, 0.717) is 19.5 Å². The molecule has 0 fully saturated rings. The van der Waals surface area contributed by atoms with Crippen molar-refractivity contribution in [2.45, 2.75) is 25.1 Å². The monoisotopic (exact) mass is 343 g/mol. The van der Waals surface area contributed by atoms with E-state index in [4.69, 9.17) is 10.5 Å². The van der Waals surface area contributed by atoms with Gasteiger partial charge in [0.15, 0.2) is 0 Å². The van der Waals surface area contributed by atoms with Crippen molar-refractivity contribution in [3.63, 3.8) is 0 Å². The molecule has 2 atom stereocenters. The van der Waals surface area contributed by atoms with Crippen molar-refractivity contribution in [1.82, 2.24) is 10.6 Å². The van der Waals surface area contributed by atoms with Gasteiger partial charge in [0.25, 0.3) is 0 Å². The van der Waals surface area contributed by atoms with Crippen molar-refractivity contribution in [3.8, 4) is 5.75 Å². The topological polar surface area (TPSA) is 96.6 Å². The Kier molecular flexibility index (Phi) is 7.25. The molecule has 2 rings (SSSR count). The lowest BCUT2D eigenvalue weighted by molar-refractivity contribution is 0.127. The molecule has 0 aliphatic rings. The molecular weight excluding hydrogens is 318 g/mol. The molecule has 0 saturated heterocycles. The van der Waals surface area contributed by atoms with Crippen LogP contribution in [0.3, 0.4) is 0 Å². The van der Waals surface area contributed by atoms with Gasteiger partial charge in [-0.2, -0.15) is 0 Å². The Hall–Kier alpha value is -2.57. The Labute approximate surface area is 148 Å². The van der Waals surface area contributed by atoms with Crippen LogP contribution in [-0.2, 0) is 13.0 Å². The predicted octanol–water partition coefficient (Wildman–Crippen LogP) is 1.43. The number of carbonyl (C=O) groups is 1. The maximum absolute atomic E-state index is 11.2. The fourth-order valence-electron chi connectivity index (χ4n) is 2.62. The number of hydrogen-bond donors (Lipinski definition) is 4. The van der Waals surface area contributed by atoms with Crippen molar-refractivity contribution < 1.29 is 14.6 Å². The number of primary amides is 1. The molecule has 2 aromatic rings. The Morgan fingerprint density at radius 1 is 1.16 bits per heavy atom. The predicted molar refractivity (Wildman–Crippen MR) is 97.4 cm³/mol. The smallest absolute Gasteiger partial charge is 0.312 e. The van der Waals surface area contributed by atoms with Gasteiger partial charge in [-0.15, -0.1) is 0 Å². The molecule has 0 aliphatic heterocycles. The third kappa shape index (κ3) is 6.45. The molecule has 5 N–H and O–H groups in total. The summed E-state index contributed by atoms with van der Waals surface area (Å²) in [5, 5.41) is 16.3. The zero-order chi connectivity index (χ0) is 18.1. The zero-order valence-corrected chi connectivity index (χ0v) is 14.3. The molecule has 0 aromatic heterocycles. The average molecular weight is 343 g/mol. The van der Waals surface area contributed by atoms with Crippen LogP contribution in [0.5, 0.6) is 5.75 Å². The molecule has 0 unspecified atom stereocenters. The van der Waals surface area contributed by atoms with Crippen molar-refractivity contribution in [2.24, 2.45) is 5.73 Å². The number of aliphatic hydroxyl groups is 1. The highest BCUT2D eigenvalue weighted by Gasteiger charge is 2.20. The van der Waals surface area contributed by atoms with Crippen LogP contribution in [0.15, 0.2) is 54.6 Å². The van der Waals surface area contributed by atoms with Crippen LogP contribution < -0.4 is 21.1 Å². The lowest BCUT2D eigenvalue weighted by Gasteiger charge is -2.24. The second-order valence-electron chi connectivity index (χ2n) is 5.85. The fourth-order valence-corrected chi connectivity index (χ4v) is 2.62. The minimum atomic E-state index is -0.765. The first-order chi connectivity index (χ1) is 12.1. The van der Waals surface area contributed by atoms with E-state index in [2.05, 4.69) is 10.6 Å². The van der Waals surface area contributed by atoms with E-state index in [0.717, 1.165) is 16.9 Å². The van der Waals surface area contributed by atoms with Gasteiger partial charge in [0, 0.05) is 13.1 Å². The fraction of sp³-hybridized carbons (Fsp3) is 0.316. The van der Waals surface area contributed by atoms with Gasteiger partial charge in [0.2, 0.25) is 0 Å². The van der Waals surface area contributed by atoms with Gasteiger partial charge < -0.3 is 26.2 Å². The van der Waals surface area contributed by atoms with Crippen LogP contribution in [0.1, 0.15) is 11.1 Å². The number of urea groups is 1. The summed E-state index contributed by atoms with van der Waals surface area (Å²) in [5.74, 6) is 0.789. The number of amides is 2. The molecule has 0 spiro atoms. The van der Waals surface area contributed by atoms with Gasteiger partial charge in [0.1, 0.15) is 5.75 Å². The van der Waals surface area contributed by atoms with Crippen LogP contribution in [-0.4, -0.2) is 36.9 Å². The normalized spacial score (nSPS) is 13.0. The minimum Gasteiger partial charge on any atom is -0.497 e. The van der Waals surface area contributed by atoms with E-state index >= 15 is 0 Å². The summed E-state index contributed by atoms with van der Waals surface area (Å²) < 4.78 is 5.19. The Bertz CT molecular complexity index is 664. The SMILES string of the molecule is COc1cccc(CNC[C@@H](O)[C@H](Cc2ccccc2)NC(N)=O)c1.